The van der Waals surface area contributed by atoms with Gasteiger partial charge in [0.2, 0.25) is 0 Å². The fraction of sp³-hybridized carbons (Fsp3) is 0.600. The summed E-state index contributed by atoms with van der Waals surface area (Å²) < 4.78 is 0. The van der Waals surface area contributed by atoms with Crippen LogP contribution >= 0.6 is 0 Å². The van der Waals surface area contributed by atoms with Crippen LogP contribution in [0, 0.1) is 0 Å². The summed E-state index contributed by atoms with van der Waals surface area (Å²) in [5, 5.41) is 3.50. The third-order valence-electron chi connectivity index (χ3n) is 3.27. The van der Waals surface area contributed by atoms with E-state index in [1.54, 1.807) is 0 Å². The van der Waals surface area contributed by atoms with Gasteiger partial charge in [0.15, 0.2) is 0 Å². The highest BCUT2D eigenvalue weighted by Gasteiger charge is 2.10. The van der Waals surface area contributed by atoms with Crippen LogP contribution < -0.4 is 5.32 Å². The number of nitrogens with one attached hydrogen (secondary N) is 1. The van der Waals surface area contributed by atoms with Crippen molar-refractivity contribution in [3.05, 3.63) is 34.7 Å². The van der Waals surface area contributed by atoms with E-state index in [9.17, 15) is 0 Å². The third-order valence-corrected chi connectivity index (χ3v) is 3.27. The Kier molecular flexibility index (Phi) is 6.71. The molecule has 1 N–H and O–H groups in total. The highest BCUT2D eigenvalue weighted by molar-refractivity contribution is 5.21. The van der Waals surface area contributed by atoms with Crippen LogP contribution in [0.4, 0.5) is 0 Å². The van der Waals surface area contributed by atoms with Crippen LogP contribution in [0.2, 0.25) is 0 Å². The molecule has 0 heterocycles. The number of rotatable bonds is 5. The molecule has 1 unspecified atom stereocenters. The first-order valence-electron chi connectivity index (χ1n) is 6.24. The first-order chi connectivity index (χ1) is 7.81. The Hall–Kier alpha value is -1.18. The van der Waals surface area contributed by atoms with Crippen LogP contribution in [-0.4, -0.2) is 18.1 Å². The van der Waals surface area contributed by atoms with Gasteiger partial charge in [-0.25, -0.2) is 0 Å². The lowest BCUT2D eigenvalue weighted by atomic mass is 10.2. The second-order valence-corrected chi connectivity index (χ2v) is 4.82. The highest BCUT2D eigenvalue weighted by Crippen LogP contribution is 2.12. The molecule has 0 aliphatic heterocycles. The molecule has 2 heteroatoms. The van der Waals surface area contributed by atoms with Crippen LogP contribution in [0.25, 0.3) is 0 Å². The largest absolute Gasteiger partial charge is 0.369 e. The maximum atomic E-state index is 3.50. The molecule has 0 fully saturated rings. The Morgan fingerprint density at radius 3 is 2.06 bits per heavy atom. The van der Waals surface area contributed by atoms with Gasteiger partial charge >= 0.3 is 0 Å². The van der Waals surface area contributed by atoms with Crippen LogP contribution in [0.5, 0.6) is 0 Å². The molecule has 2 nitrogen and oxygen atoms in total. The Balaban J connectivity index is 4.77. The minimum absolute atomic E-state index is 0.296. The third kappa shape index (κ3) is 5.12. The lowest BCUT2D eigenvalue weighted by molar-refractivity contribution is 0.289. The van der Waals surface area contributed by atoms with Crippen molar-refractivity contribution in [2.45, 2.75) is 54.6 Å². The van der Waals surface area contributed by atoms with Gasteiger partial charge in [-0.1, -0.05) is 17.7 Å². The van der Waals surface area contributed by atoms with Gasteiger partial charge < -0.3 is 10.2 Å². The quantitative estimate of drug-likeness (QED) is 0.572. The lowest BCUT2D eigenvalue weighted by Gasteiger charge is -2.30. The van der Waals surface area contributed by atoms with E-state index >= 15 is 0 Å². The smallest absolute Gasteiger partial charge is 0.0952 e. The van der Waals surface area contributed by atoms with Crippen molar-refractivity contribution in [3.63, 3.8) is 0 Å². The molecule has 0 aromatic heterocycles. The summed E-state index contributed by atoms with van der Waals surface area (Å²) in [6.45, 7) is 14.9. The predicted molar refractivity (Wildman–Crippen MR) is 77.6 cm³/mol. The molecule has 0 saturated heterocycles. The Morgan fingerprint density at radius 2 is 1.65 bits per heavy atom. The molecular weight excluding hydrogens is 208 g/mol. The van der Waals surface area contributed by atoms with Crippen molar-refractivity contribution >= 4 is 0 Å². The maximum Gasteiger partial charge on any atom is 0.0952 e. The van der Waals surface area contributed by atoms with E-state index in [2.05, 4.69) is 71.0 Å². The normalized spacial score (nSPS) is 14.4. The summed E-state index contributed by atoms with van der Waals surface area (Å²) >= 11 is 0. The van der Waals surface area contributed by atoms with E-state index in [1.165, 1.54) is 22.5 Å². The molecule has 17 heavy (non-hydrogen) atoms. The first-order valence-corrected chi connectivity index (χ1v) is 6.24. The van der Waals surface area contributed by atoms with Crippen LogP contribution in [-0.2, 0) is 0 Å². The summed E-state index contributed by atoms with van der Waals surface area (Å²) in [5.41, 5.74) is 5.18. The van der Waals surface area contributed by atoms with E-state index in [1.807, 2.05) is 6.92 Å². The zero-order valence-corrected chi connectivity index (χ0v) is 12.7. The summed E-state index contributed by atoms with van der Waals surface area (Å²) in [6, 6.07) is 0. The van der Waals surface area contributed by atoms with E-state index in [0.29, 0.717) is 6.17 Å². The Labute approximate surface area is 107 Å². The average Bonchev–Trinajstić information content (AvgIpc) is 2.26. The van der Waals surface area contributed by atoms with Crippen molar-refractivity contribution in [1.82, 2.24) is 10.2 Å². The van der Waals surface area contributed by atoms with Crippen LogP contribution in [0.15, 0.2) is 34.7 Å². The summed E-state index contributed by atoms with van der Waals surface area (Å²) in [6.07, 6.45) is 4.52. The van der Waals surface area contributed by atoms with E-state index < -0.39 is 0 Å². The van der Waals surface area contributed by atoms with E-state index in [-0.39, 0.29) is 0 Å². The molecule has 0 aromatic carbocycles. The van der Waals surface area contributed by atoms with Crippen LogP contribution in [0.1, 0.15) is 48.5 Å². The summed E-state index contributed by atoms with van der Waals surface area (Å²) in [5.74, 6) is 0. The van der Waals surface area contributed by atoms with Gasteiger partial charge in [-0.2, -0.15) is 0 Å². The number of hydrogen-bond acceptors (Lipinski definition) is 2. The predicted octanol–water partition coefficient (Wildman–Crippen LogP) is 4.04. The molecule has 0 bridgehead atoms. The molecule has 0 amide bonds. The van der Waals surface area contributed by atoms with E-state index in [0.717, 1.165) is 0 Å². The maximum absolute atomic E-state index is 3.50. The molecule has 0 spiro atoms. The van der Waals surface area contributed by atoms with E-state index in [4.69, 9.17) is 0 Å². The molecule has 0 radical (unpaired) electrons. The molecule has 0 saturated carbocycles. The molecule has 0 aliphatic rings. The van der Waals surface area contributed by atoms with Gasteiger partial charge in [0, 0.05) is 18.4 Å². The van der Waals surface area contributed by atoms with Crippen molar-refractivity contribution in [3.8, 4) is 0 Å². The Morgan fingerprint density at radius 1 is 1.12 bits per heavy atom. The summed E-state index contributed by atoms with van der Waals surface area (Å²) in [4.78, 5) is 2.27. The number of nitrogens with zero attached hydrogens (tertiary/aromatic N) is 1. The highest BCUT2D eigenvalue weighted by atomic mass is 15.2. The minimum Gasteiger partial charge on any atom is -0.369 e. The zero-order valence-electron chi connectivity index (χ0n) is 12.7. The van der Waals surface area contributed by atoms with Gasteiger partial charge in [0.25, 0.3) is 0 Å². The standard InChI is InChI=1S/C15H28N2/c1-9-10-12(4)14(6)17(8)15(7)16-13(5)11(2)3/h9-10,15-16H,1-8H3/b10-9-,14-12+. The fourth-order valence-corrected chi connectivity index (χ4v) is 1.49. The van der Waals surface area contributed by atoms with Crippen molar-refractivity contribution in [1.29, 1.82) is 0 Å². The number of allylic oxidation sites excluding steroid dienone is 6. The molecule has 0 aliphatic carbocycles. The molecular formula is C15H28N2. The van der Waals surface area contributed by atoms with Crippen molar-refractivity contribution in [2.75, 3.05) is 7.05 Å². The van der Waals surface area contributed by atoms with Crippen LogP contribution in [0.3, 0.4) is 0 Å². The van der Waals surface area contributed by atoms with Gasteiger partial charge in [-0.15, -0.1) is 0 Å². The SMILES string of the molecule is C/C=C\C(C)=C(/C)N(C)C(C)NC(C)=C(C)C. The fourth-order valence-electron chi connectivity index (χ4n) is 1.49. The van der Waals surface area contributed by atoms with Crippen molar-refractivity contribution < 1.29 is 0 Å². The molecule has 0 aromatic rings. The van der Waals surface area contributed by atoms with Gasteiger partial charge in [-0.05, 0) is 54.0 Å². The number of hydrogen-bond donors (Lipinski definition) is 1. The second-order valence-electron chi connectivity index (χ2n) is 4.82. The Bertz CT molecular complexity index is 331. The monoisotopic (exact) mass is 236 g/mol. The minimum atomic E-state index is 0.296. The first kappa shape index (κ1) is 15.8. The molecule has 1 atom stereocenters. The average molecular weight is 236 g/mol. The van der Waals surface area contributed by atoms with Gasteiger partial charge in [-0.3, -0.25) is 0 Å². The molecule has 0 rings (SSSR count). The summed E-state index contributed by atoms with van der Waals surface area (Å²) in [7, 11) is 2.12. The second kappa shape index (κ2) is 7.21. The zero-order chi connectivity index (χ0) is 13.6. The van der Waals surface area contributed by atoms with Gasteiger partial charge in [0.05, 0.1) is 6.17 Å². The topological polar surface area (TPSA) is 15.3 Å². The van der Waals surface area contributed by atoms with Crippen molar-refractivity contribution in [2.24, 2.45) is 0 Å². The lowest BCUT2D eigenvalue weighted by Crippen LogP contribution is -2.39. The van der Waals surface area contributed by atoms with Gasteiger partial charge in [0.1, 0.15) is 0 Å². The molecule has 98 valence electrons.